The fourth-order valence-corrected chi connectivity index (χ4v) is 2.63. The summed E-state index contributed by atoms with van der Waals surface area (Å²) in [7, 11) is 3.22. The molecule has 0 unspecified atom stereocenters. The van der Waals surface area contributed by atoms with Crippen molar-refractivity contribution in [3.05, 3.63) is 30.7 Å². The average molecular weight is 304 g/mol. The highest BCUT2D eigenvalue weighted by molar-refractivity contribution is 8.00. The Hall–Kier alpha value is -2.48. The maximum atomic E-state index is 5.34. The van der Waals surface area contributed by atoms with E-state index in [2.05, 4.69) is 19.8 Å². The summed E-state index contributed by atoms with van der Waals surface area (Å²) >= 11 is 1.32. The van der Waals surface area contributed by atoms with Crippen LogP contribution in [0.3, 0.4) is 0 Å². The zero-order chi connectivity index (χ0) is 14.7. The summed E-state index contributed by atoms with van der Waals surface area (Å²) in [6, 6.07) is 5.58. The van der Waals surface area contributed by atoms with Gasteiger partial charge in [-0.3, -0.25) is 0 Å². The Morgan fingerprint density at radius 3 is 2.67 bits per heavy atom. The Balaban J connectivity index is 1.88. The SMILES string of the molecule is COc1cccc(OC)c1SNc1noc2ncncc12. The summed E-state index contributed by atoms with van der Waals surface area (Å²) in [5.41, 5.74) is 0.431. The Bertz CT molecular complexity index is 740. The standard InChI is InChI=1S/C13H12N4O3S/c1-18-9-4-3-5-10(19-2)11(9)21-17-12-8-6-14-7-15-13(8)20-16-12/h3-7H,1-2H3,(H,16,17). The van der Waals surface area contributed by atoms with Gasteiger partial charge in [0.25, 0.3) is 5.71 Å². The zero-order valence-electron chi connectivity index (χ0n) is 11.4. The van der Waals surface area contributed by atoms with Crippen LogP contribution in [0.1, 0.15) is 0 Å². The minimum atomic E-state index is 0.431. The first kappa shape index (κ1) is 13.5. The first-order chi connectivity index (χ1) is 10.3. The van der Waals surface area contributed by atoms with Gasteiger partial charge < -0.3 is 18.7 Å². The van der Waals surface area contributed by atoms with E-state index in [4.69, 9.17) is 14.0 Å². The van der Waals surface area contributed by atoms with Crippen LogP contribution in [0.2, 0.25) is 0 Å². The highest BCUT2D eigenvalue weighted by atomic mass is 32.2. The zero-order valence-corrected chi connectivity index (χ0v) is 12.2. The molecule has 0 radical (unpaired) electrons. The largest absolute Gasteiger partial charge is 0.495 e. The maximum Gasteiger partial charge on any atom is 0.263 e. The second kappa shape index (κ2) is 5.88. The Labute approximate surface area is 124 Å². The molecule has 0 bridgehead atoms. The van der Waals surface area contributed by atoms with Crippen LogP contribution in [0.4, 0.5) is 5.82 Å². The van der Waals surface area contributed by atoms with E-state index in [1.807, 2.05) is 18.2 Å². The van der Waals surface area contributed by atoms with Crippen LogP contribution in [-0.4, -0.2) is 29.3 Å². The maximum absolute atomic E-state index is 5.34. The number of hydrogen-bond donors (Lipinski definition) is 1. The van der Waals surface area contributed by atoms with E-state index in [0.717, 1.165) is 4.90 Å². The van der Waals surface area contributed by atoms with Crippen molar-refractivity contribution in [1.29, 1.82) is 0 Å². The summed E-state index contributed by atoms with van der Waals surface area (Å²) in [5, 5.41) is 4.64. The molecule has 0 aliphatic heterocycles. The minimum absolute atomic E-state index is 0.431. The van der Waals surface area contributed by atoms with Crippen molar-refractivity contribution in [2.24, 2.45) is 0 Å². The quantitative estimate of drug-likeness (QED) is 0.720. The van der Waals surface area contributed by atoms with Gasteiger partial charge >= 0.3 is 0 Å². The van der Waals surface area contributed by atoms with Crippen LogP contribution < -0.4 is 14.2 Å². The Morgan fingerprint density at radius 1 is 1.19 bits per heavy atom. The topological polar surface area (TPSA) is 82.3 Å². The van der Waals surface area contributed by atoms with E-state index in [9.17, 15) is 0 Å². The Kier molecular flexibility index (Phi) is 3.78. The van der Waals surface area contributed by atoms with Crippen LogP contribution in [-0.2, 0) is 0 Å². The minimum Gasteiger partial charge on any atom is -0.495 e. The van der Waals surface area contributed by atoms with Crippen LogP contribution >= 0.6 is 11.9 Å². The van der Waals surface area contributed by atoms with Crippen molar-refractivity contribution in [2.75, 3.05) is 18.9 Å². The lowest BCUT2D eigenvalue weighted by Crippen LogP contribution is -1.95. The molecule has 0 saturated heterocycles. The fourth-order valence-electron chi connectivity index (χ4n) is 1.78. The first-order valence-electron chi connectivity index (χ1n) is 6.02. The molecule has 108 valence electrons. The normalized spacial score (nSPS) is 10.6. The number of hydrogen-bond acceptors (Lipinski definition) is 8. The summed E-state index contributed by atoms with van der Waals surface area (Å²) in [6.45, 7) is 0. The molecule has 2 aromatic heterocycles. The van der Waals surface area contributed by atoms with E-state index in [1.54, 1.807) is 20.4 Å². The number of methoxy groups -OCH3 is 2. The lowest BCUT2D eigenvalue weighted by atomic mass is 10.3. The summed E-state index contributed by atoms with van der Waals surface area (Å²) < 4.78 is 18.9. The first-order valence-corrected chi connectivity index (χ1v) is 6.84. The molecule has 0 fully saturated rings. The highest BCUT2D eigenvalue weighted by Gasteiger charge is 2.14. The number of fused-ring (bicyclic) bond motifs is 1. The number of benzene rings is 1. The molecule has 8 heteroatoms. The third kappa shape index (κ3) is 2.57. The number of nitrogens with zero attached hydrogens (tertiary/aromatic N) is 3. The monoisotopic (exact) mass is 304 g/mol. The average Bonchev–Trinajstić information content (AvgIpc) is 2.95. The molecule has 0 amide bonds. The van der Waals surface area contributed by atoms with Crippen molar-refractivity contribution in [3.8, 4) is 11.5 Å². The van der Waals surface area contributed by atoms with Gasteiger partial charge in [-0.2, -0.15) is 4.98 Å². The lowest BCUT2D eigenvalue weighted by Gasteiger charge is -2.12. The number of anilines is 1. The number of rotatable bonds is 5. The fraction of sp³-hybridized carbons (Fsp3) is 0.154. The highest BCUT2D eigenvalue weighted by Crippen LogP contribution is 2.38. The molecule has 21 heavy (non-hydrogen) atoms. The second-order valence-electron chi connectivity index (χ2n) is 3.97. The van der Waals surface area contributed by atoms with Gasteiger partial charge in [0.15, 0.2) is 5.82 Å². The lowest BCUT2D eigenvalue weighted by molar-refractivity contribution is 0.376. The molecule has 0 aliphatic carbocycles. The van der Waals surface area contributed by atoms with E-state index in [-0.39, 0.29) is 0 Å². The predicted molar refractivity (Wildman–Crippen MR) is 78.6 cm³/mol. The number of nitrogens with one attached hydrogen (secondary N) is 1. The van der Waals surface area contributed by atoms with Gasteiger partial charge in [-0.15, -0.1) is 0 Å². The Morgan fingerprint density at radius 2 is 1.95 bits per heavy atom. The van der Waals surface area contributed by atoms with Crippen molar-refractivity contribution in [2.45, 2.75) is 4.90 Å². The van der Waals surface area contributed by atoms with Gasteiger partial charge in [0.2, 0.25) is 0 Å². The predicted octanol–water partition coefficient (Wildman–Crippen LogP) is 2.75. The van der Waals surface area contributed by atoms with Crippen LogP contribution in [0, 0.1) is 0 Å². The molecular weight excluding hydrogens is 292 g/mol. The van der Waals surface area contributed by atoms with Gasteiger partial charge in [-0.25, -0.2) is 4.98 Å². The van der Waals surface area contributed by atoms with Crippen LogP contribution in [0.25, 0.3) is 11.1 Å². The molecule has 7 nitrogen and oxygen atoms in total. The molecule has 0 saturated carbocycles. The molecule has 2 heterocycles. The number of aromatic nitrogens is 3. The molecule has 0 atom stereocenters. The van der Waals surface area contributed by atoms with Gasteiger partial charge in [0, 0.05) is 6.20 Å². The molecule has 1 aromatic carbocycles. The van der Waals surface area contributed by atoms with Crippen molar-refractivity contribution >= 4 is 28.9 Å². The summed E-state index contributed by atoms with van der Waals surface area (Å²) in [4.78, 5) is 8.76. The molecular formula is C13H12N4O3S. The van der Waals surface area contributed by atoms with Crippen LogP contribution in [0.15, 0.2) is 40.1 Å². The van der Waals surface area contributed by atoms with Gasteiger partial charge in [0.05, 0.1) is 14.2 Å². The summed E-state index contributed by atoms with van der Waals surface area (Å²) in [6.07, 6.45) is 3.05. The second-order valence-corrected chi connectivity index (χ2v) is 4.79. The third-order valence-corrected chi connectivity index (χ3v) is 3.69. The number of ether oxygens (including phenoxy) is 2. The third-order valence-electron chi connectivity index (χ3n) is 2.79. The molecule has 1 N–H and O–H groups in total. The summed E-state index contributed by atoms with van der Waals surface area (Å²) in [5.74, 6) is 1.95. The smallest absolute Gasteiger partial charge is 0.263 e. The molecule has 0 spiro atoms. The van der Waals surface area contributed by atoms with Crippen molar-refractivity contribution in [3.63, 3.8) is 0 Å². The van der Waals surface area contributed by atoms with Gasteiger partial charge in [-0.1, -0.05) is 11.2 Å². The van der Waals surface area contributed by atoms with Crippen molar-refractivity contribution < 1.29 is 14.0 Å². The van der Waals surface area contributed by atoms with Crippen LogP contribution in [0.5, 0.6) is 11.5 Å². The van der Waals surface area contributed by atoms with E-state index in [1.165, 1.54) is 18.3 Å². The van der Waals surface area contributed by atoms with Gasteiger partial charge in [-0.05, 0) is 24.1 Å². The van der Waals surface area contributed by atoms with E-state index >= 15 is 0 Å². The van der Waals surface area contributed by atoms with Crippen molar-refractivity contribution in [1.82, 2.24) is 15.1 Å². The van der Waals surface area contributed by atoms with Gasteiger partial charge in [0.1, 0.15) is 28.1 Å². The molecule has 3 rings (SSSR count). The molecule has 0 aliphatic rings. The van der Waals surface area contributed by atoms with E-state index in [0.29, 0.717) is 28.4 Å². The van der Waals surface area contributed by atoms with E-state index < -0.39 is 0 Å². The molecule has 3 aromatic rings.